The minimum Gasteiger partial charge on any atom is -0.396 e. The Bertz CT molecular complexity index is 337. The van der Waals surface area contributed by atoms with Crippen LogP contribution in [0, 0.1) is 0 Å². The normalized spacial score (nSPS) is 10.5. The van der Waals surface area contributed by atoms with E-state index in [1.54, 1.807) is 0 Å². The van der Waals surface area contributed by atoms with Gasteiger partial charge < -0.3 is 5.73 Å². The third-order valence-electron chi connectivity index (χ3n) is 2.26. The summed E-state index contributed by atoms with van der Waals surface area (Å²) >= 11 is 0. The van der Waals surface area contributed by atoms with E-state index in [1.165, 1.54) is 0 Å². The molecule has 0 saturated carbocycles. The molecule has 0 spiro atoms. The van der Waals surface area contributed by atoms with Gasteiger partial charge in [-0.05, 0) is 19.8 Å². The highest BCUT2D eigenvalue weighted by Gasteiger charge is 2.11. The second-order valence-corrected chi connectivity index (χ2v) is 3.63. The van der Waals surface area contributed by atoms with Crippen LogP contribution in [0.2, 0.25) is 0 Å². The van der Waals surface area contributed by atoms with E-state index in [0.29, 0.717) is 0 Å². The van der Waals surface area contributed by atoms with Crippen molar-refractivity contribution in [3.05, 3.63) is 23.5 Å². The van der Waals surface area contributed by atoms with E-state index in [2.05, 4.69) is 25.5 Å². The summed E-state index contributed by atoms with van der Waals surface area (Å²) in [6.07, 6.45) is 1.81. The number of nitrogens with zero attached hydrogens (tertiary/aromatic N) is 2. The highest BCUT2D eigenvalue weighted by atomic mass is 15.3. The number of nitrogens with two attached hydrogens (primary N) is 1. The van der Waals surface area contributed by atoms with Gasteiger partial charge in [-0.25, -0.2) is 0 Å². The Labute approximate surface area is 85.6 Å². The zero-order chi connectivity index (χ0) is 10.7. The summed E-state index contributed by atoms with van der Waals surface area (Å²) in [5.41, 5.74) is 10.1. The first-order chi connectivity index (χ1) is 6.60. The molecule has 1 heterocycles. The number of aromatic nitrogens is 2. The molecular formula is C11H19N3. The molecule has 0 aliphatic carbocycles. The minimum atomic E-state index is 0.771. The highest BCUT2D eigenvalue weighted by Crippen LogP contribution is 2.18. The monoisotopic (exact) mass is 193 g/mol. The lowest BCUT2D eigenvalue weighted by molar-refractivity contribution is 0.634. The van der Waals surface area contributed by atoms with E-state index in [0.717, 1.165) is 42.0 Å². The van der Waals surface area contributed by atoms with E-state index >= 15 is 0 Å². The molecule has 0 aliphatic heterocycles. The van der Waals surface area contributed by atoms with Crippen molar-refractivity contribution in [2.45, 2.75) is 40.2 Å². The van der Waals surface area contributed by atoms with E-state index in [-0.39, 0.29) is 0 Å². The predicted molar refractivity (Wildman–Crippen MR) is 60.2 cm³/mol. The van der Waals surface area contributed by atoms with Gasteiger partial charge in [-0.2, -0.15) is 5.10 Å². The molecule has 3 heteroatoms. The molecule has 0 atom stereocenters. The van der Waals surface area contributed by atoms with Crippen molar-refractivity contribution in [3.63, 3.8) is 0 Å². The van der Waals surface area contributed by atoms with E-state index < -0.39 is 0 Å². The molecule has 1 rings (SSSR count). The van der Waals surface area contributed by atoms with Crippen LogP contribution >= 0.6 is 0 Å². The second-order valence-electron chi connectivity index (χ2n) is 3.63. The first-order valence-corrected chi connectivity index (χ1v) is 5.08. The van der Waals surface area contributed by atoms with Crippen LogP contribution in [-0.4, -0.2) is 9.78 Å². The second kappa shape index (κ2) is 4.31. The molecule has 2 N–H and O–H groups in total. The first-order valence-electron chi connectivity index (χ1n) is 5.08. The third kappa shape index (κ3) is 1.97. The fraction of sp³-hybridized carbons (Fsp3) is 0.545. The molecular weight excluding hydrogens is 174 g/mol. The molecule has 0 aliphatic rings. The number of rotatable bonds is 4. The topological polar surface area (TPSA) is 43.8 Å². The van der Waals surface area contributed by atoms with Crippen LogP contribution in [0.15, 0.2) is 12.2 Å². The van der Waals surface area contributed by atoms with Gasteiger partial charge in [-0.15, -0.1) is 0 Å². The Balaban J connectivity index is 3.08. The zero-order valence-electron chi connectivity index (χ0n) is 9.30. The summed E-state index contributed by atoms with van der Waals surface area (Å²) in [6, 6.07) is 0. The molecule has 0 radical (unpaired) electrons. The van der Waals surface area contributed by atoms with Gasteiger partial charge in [-0.3, -0.25) is 4.68 Å². The molecule has 3 nitrogen and oxygen atoms in total. The van der Waals surface area contributed by atoms with Gasteiger partial charge in [0.15, 0.2) is 0 Å². The summed E-state index contributed by atoms with van der Waals surface area (Å²) in [6.45, 7) is 10.8. The quantitative estimate of drug-likeness (QED) is 0.745. The van der Waals surface area contributed by atoms with Gasteiger partial charge in [0, 0.05) is 0 Å². The standard InChI is InChI=1S/C11H19N3/c1-5-9-11(12)10(6-2)14(13-9)7-8(3)4/h3,5-7,12H2,1-2,4H3. The number of aryl methyl sites for hydroxylation is 1. The van der Waals surface area contributed by atoms with E-state index in [4.69, 9.17) is 5.73 Å². The van der Waals surface area contributed by atoms with Crippen LogP contribution in [0.5, 0.6) is 0 Å². The molecule has 14 heavy (non-hydrogen) atoms. The lowest BCUT2D eigenvalue weighted by Crippen LogP contribution is -2.05. The Hall–Kier alpha value is -1.25. The molecule has 78 valence electrons. The van der Waals surface area contributed by atoms with Gasteiger partial charge in [0.2, 0.25) is 0 Å². The smallest absolute Gasteiger partial charge is 0.0854 e. The number of hydrogen-bond acceptors (Lipinski definition) is 2. The largest absolute Gasteiger partial charge is 0.396 e. The van der Waals surface area contributed by atoms with Gasteiger partial charge in [-0.1, -0.05) is 26.0 Å². The molecule has 1 aromatic heterocycles. The Morgan fingerprint density at radius 3 is 2.50 bits per heavy atom. The van der Waals surface area contributed by atoms with Crippen LogP contribution in [0.4, 0.5) is 5.69 Å². The zero-order valence-corrected chi connectivity index (χ0v) is 9.30. The van der Waals surface area contributed by atoms with Crippen LogP contribution < -0.4 is 5.73 Å². The Kier molecular flexibility index (Phi) is 3.33. The lowest BCUT2D eigenvalue weighted by Gasteiger charge is -2.05. The first kappa shape index (κ1) is 10.8. The van der Waals surface area contributed by atoms with Gasteiger partial charge >= 0.3 is 0 Å². The molecule has 0 aromatic carbocycles. The minimum absolute atomic E-state index is 0.771. The number of anilines is 1. The summed E-state index contributed by atoms with van der Waals surface area (Å²) in [4.78, 5) is 0. The number of nitrogen functional groups attached to an aromatic ring is 1. The average Bonchev–Trinajstić information content (AvgIpc) is 2.41. The Morgan fingerprint density at radius 1 is 1.43 bits per heavy atom. The Morgan fingerprint density at radius 2 is 2.07 bits per heavy atom. The lowest BCUT2D eigenvalue weighted by atomic mass is 10.2. The van der Waals surface area contributed by atoms with E-state index in [9.17, 15) is 0 Å². The molecule has 0 bridgehead atoms. The fourth-order valence-electron chi connectivity index (χ4n) is 1.59. The summed E-state index contributed by atoms with van der Waals surface area (Å²) in [7, 11) is 0. The highest BCUT2D eigenvalue weighted by molar-refractivity contribution is 5.48. The van der Waals surface area contributed by atoms with Crippen LogP contribution in [0.25, 0.3) is 0 Å². The SMILES string of the molecule is C=C(C)Cn1nc(CC)c(N)c1CC. The summed E-state index contributed by atoms with van der Waals surface area (Å²) < 4.78 is 1.97. The van der Waals surface area contributed by atoms with Crippen molar-refractivity contribution in [2.24, 2.45) is 0 Å². The van der Waals surface area contributed by atoms with Crippen LogP contribution in [0.3, 0.4) is 0 Å². The fourth-order valence-corrected chi connectivity index (χ4v) is 1.59. The summed E-state index contributed by atoms with van der Waals surface area (Å²) in [5, 5.41) is 4.47. The maximum atomic E-state index is 5.99. The molecule has 0 unspecified atom stereocenters. The van der Waals surface area contributed by atoms with Crippen molar-refractivity contribution in [2.75, 3.05) is 5.73 Å². The number of allylic oxidation sites excluding steroid dienone is 1. The maximum absolute atomic E-state index is 5.99. The van der Waals surface area contributed by atoms with Crippen molar-refractivity contribution in [3.8, 4) is 0 Å². The molecule has 1 aromatic rings. The summed E-state index contributed by atoms with van der Waals surface area (Å²) in [5.74, 6) is 0. The van der Waals surface area contributed by atoms with Gasteiger partial charge in [0.05, 0.1) is 23.6 Å². The van der Waals surface area contributed by atoms with Crippen molar-refractivity contribution in [1.82, 2.24) is 9.78 Å². The van der Waals surface area contributed by atoms with Crippen molar-refractivity contribution < 1.29 is 0 Å². The van der Waals surface area contributed by atoms with Gasteiger partial charge in [0.25, 0.3) is 0 Å². The maximum Gasteiger partial charge on any atom is 0.0854 e. The molecule has 0 fully saturated rings. The molecule has 0 saturated heterocycles. The van der Waals surface area contributed by atoms with Crippen molar-refractivity contribution in [1.29, 1.82) is 0 Å². The van der Waals surface area contributed by atoms with Crippen molar-refractivity contribution >= 4 is 5.69 Å². The van der Waals surface area contributed by atoms with Gasteiger partial charge in [0.1, 0.15) is 0 Å². The van der Waals surface area contributed by atoms with Crippen LogP contribution in [-0.2, 0) is 19.4 Å². The van der Waals surface area contributed by atoms with Crippen LogP contribution in [0.1, 0.15) is 32.2 Å². The molecule has 0 amide bonds. The predicted octanol–water partition coefficient (Wildman–Crippen LogP) is 2.17. The third-order valence-corrected chi connectivity index (χ3v) is 2.26. The van der Waals surface area contributed by atoms with E-state index in [1.807, 2.05) is 11.6 Å². The number of hydrogen-bond donors (Lipinski definition) is 1. The average molecular weight is 193 g/mol.